The van der Waals surface area contributed by atoms with E-state index >= 15 is 0 Å². The number of alkyl halides is 1. The van der Waals surface area contributed by atoms with Crippen molar-refractivity contribution in [1.82, 2.24) is 0 Å². The summed E-state index contributed by atoms with van der Waals surface area (Å²) in [7, 11) is 1.63. The van der Waals surface area contributed by atoms with Gasteiger partial charge in [-0.05, 0) is 24.1 Å². The lowest BCUT2D eigenvalue weighted by Crippen LogP contribution is -1.93. The van der Waals surface area contributed by atoms with Gasteiger partial charge in [0.05, 0.1) is 11.9 Å². The Morgan fingerprint density at radius 2 is 2.23 bits per heavy atom. The fraction of sp³-hybridized carbons (Fsp3) is 0.300. The van der Waals surface area contributed by atoms with E-state index in [0.29, 0.717) is 0 Å². The van der Waals surface area contributed by atoms with Crippen LogP contribution in [0.15, 0.2) is 18.2 Å². The van der Waals surface area contributed by atoms with Crippen molar-refractivity contribution in [3.63, 3.8) is 0 Å². The summed E-state index contributed by atoms with van der Waals surface area (Å²) < 4.78 is 5.11. The standard InChI is InChI=1S/C10H11BrO2/c1-7-5-8(9(11)6-12)3-4-10(7)13-2/h3-6,9H,1-2H3. The molecule has 0 aliphatic carbocycles. The largest absolute Gasteiger partial charge is 0.496 e. The summed E-state index contributed by atoms with van der Waals surface area (Å²) >= 11 is 3.26. The molecule has 2 nitrogen and oxygen atoms in total. The number of hydrogen-bond donors (Lipinski definition) is 0. The molecule has 1 aromatic carbocycles. The van der Waals surface area contributed by atoms with Crippen LogP contribution in [0.3, 0.4) is 0 Å². The molecule has 1 unspecified atom stereocenters. The van der Waals surface area contributed by atoms with Crippen LogP contribution in [0.25, 0.3) is 0 Å². The summed E-state index contributed by atoms with van der Waals surface area (Å²) in [5.41, 5.74) is 1.99. The highest BCUT2D eigenvalue weighted by Crippen LogP contribution is 2.25. The highest BCUT2D eigenvalue weighted by molar-refractivity contribution is 9.09. The van der Waals surface area contributed by atoms with Gasteiger partial charge in [-0.15, -0.1) is 0 Å². The Hall–Kier alpha value is -0.830. The summed E-state index contributed by atoms with van der Waals surface area (Å²) in [6, 6.07) is 5.68. The number of aldehydes is 1. The predicted molar refractivity (Wildman–Crippen MR) is 55.5 cm³/mol. The molecular weight excluding hydrogens is 232 g/mol. The zero-order valence-corrected chi connectivity index (χ0v) is 9.17. The van der Waals surface area contributed by atoms with Crippen LogP contribution in [0.2, 0.25) is 0 Å². The van der Waals surface area contributed by atoms with Crippen LogP contribution >= 0.6 is 15.9 Å². The van der Waals surface area contributed by atoms with Crippen molar-refractivity contribution in [3.8, 4) is 5.75 Å². The van der Waals surface area contributed by atoms with Gasteiger partial charge in [-0.25, -0.2) is 0 Å². The van der Waals surface area contributed by atoms with Crippen LogP contribution in [0.5, 0.6) is 5.75 Å². The van der Waals surface area contributed by atoms with Crippen LogP contribution in [-0.4, -0.2) is 13.4 Å². The first-order chi connectivity index (χ1) is 6.19. The fourth-order valence-electron chi connectivity index (χ4n) is 1.15. The van der Waals surface area contributed by atoms with E-state index in [4.69, 9.17) is 4.74 Å². The first-order valence-corrected chi connectivity index (χ1v) is 4.84. The van der Waals surface area contributed by atoms with Crippen LogP contribution < -0.4 is 4.74 Å². The summed E-state index contributed by atoms with van der Waals surface area (Å²) in [4.78, 5) is 10.3. The number of hydrogen-bond acceptors (Lipinski definition) is 2. The van der Waals surface area contributed by atoms with Crippen LogP contribution in [-0.2, 0) is 4.79 Å². The second-order valence-electron chi connectivity index (χ2n) is 2.77. The first-order valence-electron chi connectivity index (χ1n) is 3.93. The first kappa shape index (κ1) is 10.3. The Morgan fingerprint density at radius 3 is 2.69 bits per heavy atom. The topological polar surface area (TPSA) is 26.3 Å². The van der Waals surface area contributed by atoms with E-state index in [1.165, 1.54) is 0 Å². The predicted octanol–water partition coefficient (Wildman–Crippen LogP) is 2.64. The number of methoxy groups -OCH3 is 1. The molecule has 13 heavy (non-hydrogen) atoms. The third kappa shape index (κ3) is 2.31. The normalized spacial score (nSPS) is 12.2. The minimum atomic E-state index is -0.225. The number of ether oxygens (including phenoxy) is 1. The average Bonchev–Trinajstić information content (AvgIpc) is 2.16. The second-order valence-corrected chi connectivity index (χ2v) is 3.75. The van der Waals surface area contributed by atoms with E-state index in [9.17, 15) is 4.79 Å². The molecule has 1 atom stereocenters. The van der Waals surface area contributed by atoms with Gasteiger partial charge in [-0.2, -0.15) is 0 Å². The zero-order valence-electron chi connectivity index (χ0n) is 7.58. The smallest absolute Gasteiger partial charge is 0.138 e. The number of aryl methyl sites for hydroxylation is 1. The molecule has 0 amide bonds. The van der Waals surface area contributed by atoms with Crippen molar-refractivity contribution in [2.24, 2.45) is 0 Å². The Labute approximate surface area is 86.0 Å². The van der Waals surface area contributed by atoms with Crippen molar-refractivity contribution in [3.05, 3.63) is 29.3 Å². The highest BCUT2D eigenvalue weighted by atomic mass is 79.9. The minimum absolute atomic E-state index is 0.225. The van der Waals surface area contributed by atoms with Gasteiger partial charge in [-0.1, -0.05) is 28.1 Å². The SMILES string of the molecule is COc1ccc(C(Br)C=O)cc1C. The second kappa shape index (κ2) is 4.42. The van der Waals surface area contributed by atoms with Crippen LogP contribution in [0.1, 0.15) is 16.0 Å². The molecule has 0 spiro atoms. The quantitative estimate of drug-likeness (QED) is 0.602. The van der Waals surface area contributed by atoms with Crippen molar-refractivity contribution < 1.29 is 9.53 Å². The molecular formula is C10H11BrO2. The molecule has 70 valence electrons. The van der Waals surface area contributed by atoms with Crippen molar-refractivity contribution in [1.29, 1.82) is 0 Å². The van der Waals surface area contributed by atoms with Gasteiger partial charge in [-0.3, -0.25) is 0 Å². The Kier molecular flexibility index (Phi) is 3.48. The molecule has 0 bridgehead atoms. The molecule has 0 heterocycles. The van der Waals surface area contributed by atoms with Crippen LogP contribution in [0, 0.1) is 6.92 Å². The monoisotopic (exact) mass is 242 g/mol. The third-order valence-corrected chi connectivity index (χ3v) is 2.60. The molecule has 1 rings (SSSR count). The molecule has 3 heteroatoms. The van der Waals surface area contributed by atoms with E-state index in [1.807, 2.05) is 25.1 Å². The van der Waals surface area contributed by atoms with E-state index < -0.39 is 0 Å². The molecule has 0 saturated heterocycles. The third-order valence-electron chi connectivity index (χ3n) is 1.86. The maximum absolute atomic E-state index is 10.5. The van der Waals surface area contributed by atoms with Crippen LogP contribution in [0.4, 0.5) is 0 Å². The molecule has 1 aromatic rings. The van der Waals surface area contributed by atoms with Crippen molar-refractivity contribution in [2.45, 2.75) is 11.8 Å². The summed E-state index contributed by atoms with van der Waals surface area (Å²) in [5, 5.41) is 0. The van der Waals surface area contributed by atoms with E-state index in [1.54, 1.807) is 7.11 Å². The number of rotatable bonds is 3. The molecule has 0 aliphatic heterocycles. The van der Waals surface area contributed by atoms with Gasteiger partial charge >= 0.3 is 0 Å². The van der Waals surface area contributed by atoms with E-state index in [-0.39, 0.29) is 4.83 Å². The highest BCUT2D eigenvalue weighted by Gasteiger charge is 2.07. The van der Waals surface area contributed by atoms with Crippen molar-refractivity contribution in [2.75, 3.05) is 7.11 Å². The van der Waals surface area contributed by atoms with Gasteiger partial charge in [0, 0.05) is 0 Å². The number of carbonyl (C=O) groups excluding carboxylic acids is 1. The summed E-state index contributed by atoms with van der Waals surface area (Å²) in [6.45, 7) is 1.95. The molecule has 0 N–H and O–H groups in total. The lowest BCUT2D eigenvalue weighted by atomic mass is 10.1. The average molecular weight is 243 g/mol. The van der Waals surface area contributed by atoms with E-state index in [0.717, 1.165) is 23.2 Å². The lowest BCUT2D eigenvalue weighted by Gasteiger charge is -2.07. The fourth-order valence-corrected chi connectivity index (χ4v) is 1.44. The maximum Gasteiger partial charge on any atom is 0.138 e. The lowest BCUT2D eigenvalue weighted by molar-refractivity contribution is -0.107. The molecule has 0 radical (unpaired) electrons. The zero-order chi connectivity index (χ0) is 9.84. The maximum atomic E-state index is 10.5. The number of carbonyl (C=O) groups is 1. The molecule has 0 fully saturated rings. The van der Waals surface area contributed by atoms with Gasteiger partial charge in [0.15, 0.2) is 0 Å². The molecule has 0 aromatic heterocycles. The van der Waals surface area contributed by atoms with E-state index in [2.05, 4.69) is 15.9 Å². The van der Waals surface area contributed by atoms with Gasteiger partial charge in [0.2, 0.25) is 0 Å². The Balaban J connectivity index is 3.02. The van der Waals surface area contributed by atoms with Gasteiger partial charge in [0.25, 0.3) is 0 Å². The minimum Gasteiger partial charge on any atom is -0.496 e. The summed E-state index contributed by atoms with van der Waals surface area (Å²) in [5.74, 6) is 0.842. The Bertz CT molecular complexity index is 310. The molecule has 0 aliphatic rings. The van der Waals surface area contributed by atoms with Crippen molar-refractivity contribution >= 4 is 22.2 Å². The Morgan fingerprint density at radius 1 is 1.54 bits per heavy atom. The van der Waals surface area contributed by atoms with Gasteiger partial charge < -0.3 is 9.53 Å². The number of halogens is 1. The number of benzene rings is 1. The summed E-state index contributed by atoms with van der Waals surface area (Å²) in [6.07, 6.45) is 0.862. The van der Waals surface area contributed by atoms with Gasteiger partial charge in [0.1, 0.15) is 12.0 Å². The molecule has 0 saturated carbocycles.